The van der Waals surface area contributed by atoms with Crippen LogP contribution in [0.3, 0.4) is 0 Å². The molecule has 4 aromatic rings. The van der Waals surface area contributed by atoms with Gasteiger partial charge < -0.3 is 0 Å². The molecule has 1 N–H and O–H groups in total. The molecule has 1 saturated carbocycles. The average Bonchev–Trinajstić information content (AvgIpc) is 3.54. The van der Waals surface area contributed by atoms with Crippen LogP contribution >= 0.6 is 22.7 Å². The highest BCUT2D eigenvalue weighted by molar-refractivity contribution is 7.89. The summed E-state index contributed by atoms with van der Waals surface area (Å²) in [5.74, 6) is -0.333. The van der Waals surface area contributed by atoms with Gasteiger partial charge >= 0.3 is 0 Å². The fourth-order valence-corrected chi connectivity index (χ4v) is 9.65. The van der Waals surface area contributed by atoms with Gasteiger partial charge in [-0.2, -0.15) is 4.31 Å². The number of para-hydroxylation sites is 1. The highest BCUT2D eigenvalue weighted by Gasteiger charge is 2.53. The van der Waals surface area contributed by atoms with Gasteiger partial charge in [-0.1, -0.05) is 32.9 Å². The van der Waals surface area contributed by atoms with Crippen molar-refractivity contribution in [1.29, 1.82) is 0 Å². The molecule has 2 atom stereocenters. The van der Waals surface area contributed by atoms with E-state index in [1.54, 1.807) is 27.8 Å². The fourth-order valence-electron chi connectivity index (χ4n) is 6.18. The van der Waals surface area contributed by atoms with Crippen molar-refractivity contribution in [3.8, 4) is 10.7 Å². The van der Waals surface area contributed by atoms with Crippen LogP contribution in [-0.4, -0.2) is 41.2 Å². The minimum atomic E-state index is -3.64. The molecule has 2 bridgehead atoms. The second-order valence-corrected chi connectivity index (χ2v) is 15.0. The Balaban J connectivity index is 1.16. The molecule has 1 aliphatic carbocycles. The van der Waals surface area contributed by atoms with Gasteiger partial charge in [-0.3, -0.25) is 10.1 Å². The molecule has 3 heterocycles. The molecule has 2 aromatic carbocycles. The summed E-state index contributed by atoms with van der Waals surface area (Å²) in [5, 5.41) is 5.97. The lowest BCUT2D eigenvalue weighted by Gasteiger charge is -2.39. The lowest BCUT2D eigenvalue weighted by molar-refractivity contribution is 0.102. The van der Waals surface area contributed by atoms with Gasteiger partial charge in [-0.25, -0.2) is 18.4 Å². The molecule has 0 radical (unpaired) electrons. The third-order valence-electron chi connectivity index (χ3n) is 7.33. The highest BCUT2D eigenvalue weighted by Crippen LogP contribution is 2.53. The zero-order valence-corrected chi connectivity index (χ0v) is 23.3. The maximum atomic E-state index is 13.5. The second kappa shape index (κ2) is 8.69. The summed E-state index contributed by atoms with van der Waals surface area (Å²) in [6.45, 7) is 7.20. The number of carbonyl (C=O) groups is 1. The Kier molecular flexibility index (Phi) is 5.79. The first-order valence-electron chi connectivity index (χ1n) is 12.3. The molecule has 0 unspecified atom stereocenters. The third kappa shape index (κ3) is 4.60. The molecule has 1 aliphatic heterocycles. The highest BCUT2D eigenvalue weighted by atomic mass is 32.2. The van der Waals surface area contributed by atoms with Gasteiger partial charge in [0.05, 0.1) is 15.1 Å². The van der Waals surface area contributed by atoms with Crippen LogP contribution in [-0.2, 0) is 10.0 Å². The van der Waals surface area contributed by atoms with E-state index in [0.717, 1.165) is 40.2 Å². The quantitative estimate of drug-likeness (QED) is 0.315. The maximum Gasteiger partial charge on any atom is 0.257 e. The number of fused-ring (bicyclic) bond motifs is 3. The van der Waals surface area contributed by atoms with E-state index in [9.17, 15) is 13.2 Å². The molecule has 10 heteroatoms. The molecule has 2 aliphatic rings. The minimum absolute atomic E-state index is 0.0111. The average molecular weight is 553 g/mol. The minimum Gasteiger partial charge on any atom is -0.298 e. The van der Waals surface area contributed by atoms with Gasteiger partial charge in [0, 0.05) is 23.5 Å². The predicted molar refractivity (Wildman–Crippen MR) is 149 cm³/mol. The van der Waals surface area contributed by atoms with Crippen LogP contribution in [0.2, 0.25) is 0 Å². The lowest BCUT2D eigenvalue weighted by atomic mass is 9.65. The number of anilines is 1. The monoisotopic (exact) mass is 552 g/mol. The SMILES string of the molecule is CC1(C)C[C@@H]2C[C@](C)(CN2S(=O)(=O)c2ccc(C(=O)Nc3nc(-c4nc5ccccc5s4)cs3)cc2)C1. The van der Waals surface area contributed by atoms with Gasteiger partial charge in [0.25, 0.3) is 5.91 Å². The summed E-state index contributed by atoms with van der Waals surface area (Å²) in [7, 11) is -3.64. The van der Waals surface area contributed by atoms with E-state index < -0.39 is 10.0 Å². The van der Waals surface area contributed by atoms with Gasteiger partial charge in [0.2, 0.25) is 10.0 Å². The van der Waals surface area contributed by atoms with Gasteiger partial charge in [-0.05, 0) is 66.5 Å². The molecule has 1 amide bonds. The number of rotatable bonds is 5. The van der Waals surface area contributed by atoms with E-state index >= 15 is 0 Å². The fraction of sp³-hybridized carbons (Fsp3) is 0.370. The number of carbonyl (C=O) groups excluding carboxylic acids is 1. The number of hydrogen-bond donors (Lipinski definition) is 1. The Morgan fingerprint density at radius 1 is 1.05 bits per heavy atom. The van der Waals surface area contributed by atoms with E-state index in [1.807, 2.05) is 29.6 Å². The van der Waals surface area contributed by atoms with Gasteiger partial charge in [0.1, 0.15) is 10.7 Å². The van der Waals surface area contributed by atoms with Crippen LogP contribution in [0, 0.1) is 10.8 Å². The van der Waals surface area contributed by atoms with E-state index in [1.165, 1.54) is 23.5 Å². The Morgan fingerprint density at radius 3 is 2.57 bits per heavy atom. The first-order chi connectivity index (χ1) is 17.5. The predicted octanol–water partition coefficient (Wildman–Crippen LogP) is 6.26. The molecule has 2 aromatic heterocycles. The summed E-state index contributed by atoms with van der Waals surface area (Å²) < 4.78 is 29.8. The number of thiazole rings is 2. The van der Waals surface area contributed by atoms with Crippen molar-refractivity contribution in [2.45, 2.75) is 51.0 Å². The summed E-state index contributed by atoms with van der Waals surface area (Å²) in [4.78, 5) is 22.2. The van der Waals surface area contributed by atoms with Crippen molar-refractivity contribution in [2.24, 2.45) is 10.8 Å². The molecule has 1 saturated heterocycles. The van der Waals surface area contributed by atoms with Crippen LogP contribution in [0.5, 0.6) is 0 Å². The number of hydrogen-bond acceptors (Lipinski definition) is 7. The Bertz CT molecular complexity index is 1570. The van der Waals surface area contributed by atoms with Crippen LogP contribution in [0.15, 0.2) is 58.8 Å². The van der Waals surface area contributed by atoms with E-state index in [0.29, 0.717) is 17.2 Å². The van der Waals surface area contributed by atoms with E-state index in [-0.39, 0.29) is 27.7 Å². The number of amides is 1. The Labute approximate surface area is 224 Å². The van der Waals surface area contributed by atoms with E-state index in [2.05, 4.69) is 36.1 Å². The molecule has 0 spiro atoms. The number of aromatic nitrogens is 2. The molecule has 37 heavy (non-hydrogen) atoms. The molecular formula is C27H28N4O3S3. The first-order valence-corrected chi connectivity index (χ1v) is 15.4. The largest absolute Gasteiger partial charge is 0.298 e. The van der Waals surface area contributed by atoms with Crippen molar-refractivity contribution in [2.75, 3.05) is 11.9 Å². The molecule has 6 rings (SSSR count). The Hall–Kier alpha value is -2.66. The summed E-state index contributed by atoms with van der Waals surface area (Å²) in [5.41, 5.74) is 2.16. The molecule has 7 nitrogen and oxygen atoms in total. The smallest absolute Gasteiger partial charge is 0.257 e. The van der Waals surface area contributed by atoms with Gasteiger partial charge in [-0.15, -0.1) is 22.7 Å². The number of nitrogens with zero attached hydrogens (tertiary/aromatic N) is 3. The van der Waals surface area contributed by atoms with Crippen LogP contribution in [0.25, 0.3) is 20.9 Å². The van der Waals surface area contributed by atoms with Crippen LogP contribution in [0.1, 0.15) is 50.4 Å². The molecule has 192 valence electrons. The van der Waals surface area contributed by atoms with Crippen LogP contribution in [0.4, 0.5) is 5.13 Å². The van der Waals surface area contributed by atoms with Crippen LogP contribution < -0.4 is 5.32 Å². The second-order valence-electron chi connectivity index (χ2n) is 11.3. The normalized spacial score (nSPS) is 23.4. The zero-order chi connectivity index (χ0) is 26.0. The van der Waals surface area contributed by atoms with Crippen molar-refractivity contribution in [1.82, 2.24) is 14.3 Å². The van der Waals surface area contributed by atoms with Gasteiger partial charge in [0.15, 0.2) is 5.13 Å². The molecular weight excluding hydrogens is 525 g/mol. The summed E-state index contributed by atoms with van der Waals surface area (Å²) >= 11 is 2.89. The molecule has 2 fully saturated rings. The van der Waals surface area contributed by atoms with Crippen molar-refractivity contribution in [3.63, 3.8) is 0 Å². The number of sulfonamides is 1. The van der Waals surface area contributed by atoms with Crippen molar-refractivity contribution >= 4 is 54.0 Å². The first kappa shape index (κ1) is 24.7. The van der Waals surface area contributed by atoms with Crippen molar-refractivity contribution in [3.05, 3.63) is 59.5 Å². The maximum absolute atomic E-state index is 13.5. The zero-order valence-electron chi connectivity index (χ0n) is 20.9. The van der Waals surface area contributed by atoms with Crippen molar-refractivity contribution < 1.29 is 13.2 Å². The lowest BCUT2D eigenvalue weighted by Crippen LogP contribution is -2.37. The summed E-state index contributed by atoms with van der Waals surface area (Å²) in [6, 6.07) is 14.1. The Morgan fingerprint density at radius 2 is 1.81 bits per heavy atom. The summed E-state index contributed by atoms with van der Waals surface area (Å²) in [6.07, 6.45) is 2.80. The topological polar surface area (TPSA) is 92.3 Å². The third-order valence-corrected chi connectivity index (χ3v) is 11.1. The number of benzene rings is 2. The van der Waals surface area contributed by atoms with E-state index in [4.69, 9.17) is 0 Å². The standard InChI is InChI=1S/C27H28N4O3S3/c1-26(2)12-18-13-27(3,15-26)16-31(18)37(33,34)19-10-8-17(9-11-19)23(32)30-25-29-21(14-35-25)24-28-20-6-4-5-7-22(20)36-24/h4-11,14,18H,12-13,15-16H2,1-3H3,(H,29,30,32)/t18-,27+/m1/s1. The number of nitrogens with one attached hydrogen (secondary N) is 1.